The standard InChI is InChI=1S/C11H17N5/c1-8-10(9(2)15(3)14-8)7-12-11-5-6-13-16(11)4/h5-6,12H,7H2,1-4H3. The summed E-state index contributed by atoms with van der Waals surface area (Å²) < 4.78 is 3.73. The molecule has 0 aliphatic heterocycles. The molecule has 0 saturated carbocycles. The number of aryl methyl sites for hydroxylation is 3. The Morgan fingerprint density at radius 1 is 1.25 bits per heavy atom. The molecular formula is C11H17N5. The van der Waals surface area contributed by atoms with E-state index in [9.17, 15) is 0 Å². The third-order valence-electron chi connectivity index (χ3n) is 2.93. The molecule has 2 rings (SSSR count). The molecule has 0 amide bonds. The van der Waals surface area contributed by atoms with E-state index >= 15 is 0 Å². The minimum Gasteiger partial charge on any atom is -0.366 e. The fraction of sp³-hybridized carbons (Fsp3) is 0.455. The van der Waals surface area contributed by atoms with Crippen LogP contribution < -0.4 is 5.32 Å². The van der Waals surface area contributed by atoms with E-state index in [-0.39, 0.29) is 0 Å². The maximum atomic E-state index is 4.39. The van der Waals surface area contributed by atoms with Crippen LogP contribution in [0, 0.1) is 13.8 Å². The van der Waals surface area contributed by atoms with Gasteiger partial charge < -0.3 is 5.32 Å². The van der Waals surface area contributed by atoms with Gasteiger partial charge in [-0.2, -0.15) is 10.2 Å². The molecule has 0 aliphatic rings. The van der Waals surface area contributed by atoms with Crippen molar-refractivity contribution in [1.29, 1.82) is 0 Å². The van der Waals surface area contributed by atoms with Gasteiger partial charge in [0.2, 0.25) is 0 Å². The van der Waals surface area contributed by atoms with Gasteiger partial charge in [0.15, 0.2) is 0 Å². The first kappa shape index (κ1) is 10.7. The molecule has 2 aromatic rings. The number of hydrogen-bond acceptors (Lipinski definition) is 3. The fourth-order valence-corrected chi connectivity index (χ4v) is 1.80. The Morgan fingerprint density at radius 2 is 2.00 bits per heavy atom. The van der Waals surface area contributed by atoms with E-state index in [1.54, 1.807) is 6.20 Å². The summed E-state index contributed by atoms with van der Waals surface area (Å²) >= 11 is 0. The van der Waals surface area contributed by atoms with Crippen molar-refractivity contribution in [2.45, 2.75) is 20.4 Å². The monoisotopic (exact) mass is 219 g/mol. The van der Waals surface area contributed by atoms with E-state index in [1.165, 1.54) is 11.3 Å². The van der Waals surface area contributed by atoms with Crippen molar-refractivity contribution in [2.75, 3.05) is 5.32 Å². The third-order valence-corrected chi connectivity index (χ3v) is 2.93. The Hall–Kier alpha value is -1.78. The summed E-state index contributed by atoms with van der Waals surface area (Å²) in [6, 6.07) is 1.96. The summed E-state index contributed by atoms with van der Waals surface area (Å²) in [5.41, 5.74) is 3.53. The Kier molecular flexibility index (Phi) is 2.68. The lowest BCUT2D eigenvalue weighted by molar-refractivity contribution is 0.730. The maximum absolute atomic E-state index is 4.39. The van der Waals surface area contributed by atoms with Crippen molar-refractivity contribution in [3.63, 3.8) is 0 Å². The van der Waals surface area contributed by atoms with Crippen molar-refractivity contribution >= 4 is 5.82 Å². The number of hydrogen-bond donors (Lipinski definition) is 1. The van der Waals surface area contributed by atoms with Gasteiger partial charge in [0.25, 0.3) is 0 Å². The Bertz CT molecular complexity index is 494. The highest BCUT2D eigenvalue weighted by Crippen LogP contribution is 2.14. The van der Waals surface area contributed by atoms with Crippen LogP contribution in [0.25, 0.3) is 0 Å². The molecule has 5 heteroatoms. The van der Waals surface area contributed by atoms with Gasteiger partial charge in [-0.05, 0) is 13.8 Å². The average molecular weight is 219 g/mol. The van der Waals surface area contributed by atoms with Crippen LogP contribution >= 0.6 is 0 Å². The summed E-state index contributed by atoms with van der Waals surface area (Å²) in [5, 5.41) is 11.9. The van der Waals surface area contributed by atoms with Gasteiger partial charge in [-0.3, -0.25) is 9.36 Å². The predicted octanol–water partition coefficient (Wildman–Crippen LogP) is 1.38. The molecule has 86 valence electrons. The molecule has 0 saturated heterocycles. The molecule has 0 aliphatic carbocycles. The number of anilines is 1. The van der Waals surface area contributed by atoms with Crippen LogP contribution in [-0.2, 0) is 20.6 Å². The van der Waals surface area contributed by atoms with Crippen LogP contribution in [-0.4, -0.2) is 19.6 Å². The molecule has 16 heavy (non-hydrogen) atoms. The number of rotatable bonds is 3. The van der Waals surface area contributed by atoms with Crippen molar-refractivity contribution in [3.8, 4) is 0 Å². The number of nitrogens with one attached hydrogen (secondary N) is 1. The summed E-state index contributed by atoms with van der Waals surface area (Å²) in [7, 11) is 3.89. The van der Waals surface area contributed by atoms with Gasteiger partial charge in [0, 0.05) is 38.0 Å². The van der Waals surface area contributed by atoms with E-state index in [0.717, 1.165) is 18.1 Å². The van der Waals surface area contributed by atoms with Crippen LogP contribution in [0.15, 0.2) is 12.3 Å². The van der Waals surface area contributed by atoms with E-state index in [0.29, 0.717) is 0 Å². The third kappa shape index (κ3) is 1.80. The molecular weight excluding hydrogens is 202 g/mol. The number of aromatic nitrogens is 4. The highest BCUT2D eigenvalue weighted by atomic mass is 15.3. The van der Waals surface area contributed by atoms with E-state index < -0.39 is 0 Å². The SMILES string of the molecule is Cc1nn(C)c(C)c1CNc1ccnn1C. The van der Waals surface area contributed by atoms with Crippen LogP contribution in [0.2, 0.25) is 0 Å². The molecule has 2 heterocycles. The van der Waals surface area contributed by atoms with Crippen LogP contribution in [0.3, 0.4) is 0 Å². The molecule has 5 nitrogen and oxygen atoms in total. The zero-order chi connectivity index (χ0) is 11.7. The highest BCUT2D eigenvalue weighted by molar-refractivity contribution is 5.36. The molecule has 0 radical (unpaired) electrons. The van der Waals surface area contributed by atoms with E-state index in [2.05, 4.69) is 22.4 Å². The van der Waals surface area contributed by atoms with Gasteiger partial charge in [-0.1, -0.05) is 0 Å². The smallest absolute Gasteiger partial charge is 0.124 e. The first-order chi connectivity index (χ1) is 7.59. The minimum atomic E-state index is 0.783. The molecule has 0 aromatic carbocycles. The van der Waals surface area contributed by atoms with Gasteiger partial charge in [-0.15, -0.1) is 0 Å². The Labute approximate surface area is 95.1 Å². The molecule has 0 fully saturated rings. The predicted molar refractivity (Wildman–Crippen MR) is 63.2 cm³/mol. The maximum Gasteiger partial charge on any atom is 0.124 e. The minimum absolute atomic E-state index is 0.783. The molecule has 1 N–H and O–H groups in total. The Balaban J connectivity index is 2.13. The molecule has 2 aromatic heterocycles. The summed E-state index contributed by atoms with van der Waals surface area (Å²) in [6.07, 6.45) is 1.78. The Morgan fingerprint density at radius 3 is 2.50 bits per heavy atom. The van der Waals surface area contributed by atoms with Crippen molar-refractivity contribution < 1.29 is 0 Å². The van der Waals surface area contributed by atoms with Gasteiger partial charge in [0.1, 0.15) is 5.82 Å². The lowest BCUT2D eigenvalue weighted by Gasteiger charge is -2.06. The molecule has 0 bridgehead atoms. The van der Waals surface area contributed by atoms with Gasteiger partial charge in [-0.25, -0.2) is 0 Å². The highest BCUT2D eigenvalue weighted by Gasteiger charge is 2.09. The first-order valence-corrected chi connectivity index (χ1v) is 5.30. The van der Waals surface area contributed by atoms with Crippen LogP contribution in [0.1, 0.15) is 17.0 Å². The average Bonchev–Trinajstić information content (AvgIpc) is 2.72. The second-order valence-corrected chi connectivity index (χ2v) is 3.97. The normalized spacial score (nSPS) is 10.8. The van der Waals surface area contributed by atoms with Crippen molar-refractivity contribution in [1.82, 2.24) is 19.6 Å². The largest absolute Gasteiger partial charge is 0.366 e. The zero-order valence-electron chi connectivity index (χ0n) is 10.2. The molecule has 0 unspecified atom stereocenters. The van der Waals surface area contributed by atoms with E-state index in [4.69, 9.17) is 0 Å². The second-order valence-electron chi connectivity index (χ2n) is 3.97. The van der Waals surface area contributed by atoms with Crippen LogP contribution in [0.4, 0.5) is 5.82 Å². The molecule has 0 spiro atoms. The summed E-state index contributed by atoms with van der Waals surface area (Å²) in [4.78, 5) is 0. The van der Waals surface area contributed by atoms with Crippen LogP contribution in [0.5, 0.6) is 0 Å². The lowest BCUT2D eigenvalue weighted by Crippen LogP contribution is -2.06. The summed E-state index contributed by atoms with van der Waals surface area (Å²) in [5.74, 6) is 1.02. The zero-order valence-corrected chi connectivity index (χ0v) is 10.2. The van der Waals surface area contributed by atoms with Crippen molar-refractivity contribution in [2.24, 2.45) is 14.1 Å². The second kappa shape index (κ2) is 4.00. The number of nitrogens with zero attached hydrogens (tertiary/aromatic N) is 4. The van der Waals surface area contributed by atoms with Crippen molar-refractivity contribution in [3.05, 3.63) is 29.2 Å². The molecule has 0 atom stereocenters. The summed E-state index contributed by atoms with van der Waals surface area (Å²) in [6.45, 7) is 4.90. The quantitative estimate of drug-likeness (QED) is 0.848. The topological polar surface area (TPSA) is 47.7 Å². The van der Waals surface area contributed by atoms with Gasteiger partial charge in [0.05, 0.1) is 11.9 Å². The lowest BCUT2D eigenvalue weighted by atomic mass is 10.2. The van der Waals surface area contributed by atoms with E-state index in [1.807, 2.05) is 36.4 Å². The first-order valence-electron chi connectivity index (χ1n) is 5.30. The van der Waals surface area contributed by atoms with Gasteiger partial charge >= 0.3 is 0 Å². The fourth-order valence-electron chi connectivity index (χ4n) is 1.80.